The van der Waals surface area contributed by atoms with Crippen LogP contribution in [0.5, 0.6) is 0 Å². The average Bonchev–Trinajstić information content (AvgIpc) is 2.95. The fraction of sp³-hybridized carbons (Fsp3) is 0.231. The lowest BCUT2D eigenvalue weighted by Gasteiger charge is -1.95. The summed E-state index contributed by atoms with van der Waals surface area (Å²) in [5, 5.41) is 4.01. The molecule has 0 saturated carbocycles. The molecule has 0 spiro atoms. The number of allylic oxidation sites excluding steroid dienone is 1. The van der Waals surface area contributed by atoms with Crippen LogP contribution in [0.1, 0.15) is 20.9 Å². The third-order valence-electron chi connectivity index (χ3n) is 2.87. The Morgan fingerprint density at radius 3 is 2.60 bits per heavy atom. The summed E-state index contributed by atoms with van der Waals surface area (Å²) in [6, 6.07) is 3.22. The summed E-state index contributed by atoms with van der Waals surface area (Å²) in [5.74, 6) is -0.148. The van der Waals surface area contributed by atoms with E-state index in [0.717, 1.165) is 28.2 Å². The molecule has 0 aliphatic heterocycles. The number of aryl methyl sites for hydroxylation is 1. The van der Waals surface area contributed by atoms with Crippen LogP contribution in [0.4, 0.5) is 0 Å². The number of nitrogens with zero attached hydrogens (tertiary/aromatic N) is 2. The Balaban J connectivity index is 2.20. The number of thiophene rings is 1. The van der Waals surface area contributed by atoms with Gasteiger partial charge in [0.1, 0.15) is 4.21 Å². The van der Waals surface area contributed by atoms with Gasteiger partial charge in [-0.15, -0.1) is 11.3 Å². The summed E-state index contributed by atoms with van der Waals surface area (Å²) < 4.78 is 24.6. The van der Waals surface area contributed by atoms with Gasteiger partial charge in [-0.3, -0.25) is 9.48 Å². The van der Waals surface area contributed by atoms with E-state index in [1.807, 2.05) is 6.92 Å². The molecule has 20 heavy (non-hydrogen) atoms. The number of hydrogen-bond donors (Lipinski definition) is 0. The van der Waals surface area contributed by atoms with Gasteiger partial charge in [-0.2, -0.15) is 5.10 Å². The Morgan fingerprint density at radius 1 is 1.40 bits per heavy atom. The Bertz CT molecular complexity index is 782. The van der Waals surface area contributed by atoms with E-state index in [9.17, 15) is 13.2 Å². The molecule has 0 atom stereocenters. The Morgan fingerprint density at radius 2 is 2.10 bits per heavy atom. The number of hydrogen-bond acceptors (Lipinski definition) is 5. The molecule has 0 aliphatic rings. The molecular weight excluding hydrogens is 296 g/mol. The van der Waals surface area contributed by atoms with Crippen LogP contribution >= 0.6 is 11.3 Å². The summed E-state index contributed by atoms with van der Waals surface area (Å²) in [4.78, 5) is 12.7. The zero-order valence-electron chi connectivity index (χ0n) is 11.3. The number of carbonyl (C=O) groups excluding carboxylic acids is 1. The summed E-state index contributed by atoms with van der Waals surface area (Å²) >= 11 is 1.14. The lowest BCUT2D eigenvalue weighted by atomic mass is 10.1. The van der Waals surface area contributed by atoms with E-state index in [1.165, 1.54) is 12.3 Å². The summed E-state index contributed by atoms with van der Waals surface area (Å²) in [6.07, 6.45) is 5.74. The van der Waals surface area contributed by atoms with Crippen molar-refractivity contribution in [1.82, 2.24) is 9.78 Å². The monoisotopic (exact) mass is 310 g/mol. The van der Waals surface area contributed by atoms with Crippen molar-refractivity contribution in [3.05, 3.63) is 40.5 Å². The van der Waals surface area contributed by atoms with Crippen LogP contribution in [0, 0.1) is 6.92 Å². The molecule has 0 N–H and O–H groups in total. The van der Waals surface area contributed by atoms with E-state index in [1.54, 1.807) is 29.9 Å². The molecule has 0 amide bonds. The van der Waals surface area contributed by atoms with Crippen LogP contribution in [0.3, 0.4) is 0 Å². The van der Waals surface area contributed by atoms with E-state index < -0.39 is 9.84 Å². The molecule has 0 radical (unpaired) electrons. The van der Waals surface area contributed by atoms with Crippen molar-refractivity contribution in [3.63, 3.8) is 0 Å². The predicted molar refractivity (Wildman–Crippen MR) is 78.7 cm³/mol. The van der Waals surface area contributed by atoms with Gasteiger partial charge in [0.15, 0.2) is 15.6 Å². The van der Waals surface area contributed by atoms with E-state index in [-0.39, 0.29) is 5.78 Å². The van der Waals surface area contributed by atoms with Crippen molar-refractivity contribution in [2.45, 2.75) is 11.1 Å². The van der Waals surface area contributed by atoms with Gasteiger partial charge in [0.2, 0.25) is 0 Å². The fourth-order valence-electron chi connectivity index (χ4n) is 1.61. The van der Waals surface area contributed by atoms with Crippen LogP contribution in [-0.2, 0) is 16.9 Å². The van der Waals surface area contributed by atoms with Crippen molar-refractivity contribution in [1.29, 1.82) is 0 Å². The van der Waals surface area contributed by atoms with Gasteiger partial charge in [-0.25, -0.2) is 8.42 Å². The van der Waals surface area contributed by atoms with E-state index in [2.05, 4.69) is 5.10 Å². The van der Waals surface area contributed by atoms with Gasteiger partial charge in [0.25, 0.3) is 0 Å². The predicted octanol–water partition coefficient (Wildman–Crippen LogP) is 2.09. The van der Waals surface area contributed by atoms with Gasteiger partial charge in [0, 0.05) is 23.9 Å². The Kier molecular flexibility index (Phi) is 3.92. The molecule has 106 valence electrons. The van der Waals surface area contributed by atoms with Crippen LogP contribution in [0.2, 0.25) is 0 Å². The third kappa shape index (κ3) is 3.05. The van der Waals surface area contributed by atoms with E-state index >= 15 is 0 Å². The maximum Gasteiger partial charge on any atom is 0.189 e. The molecule has 0 bridgehead atoms. The molecule has 7 heteroatoms. The van der Waals surface area contributed by atoms with Crippen molar-refractivity contribution in [2.24, 2.45) is 7.05 Å². The summed E-state index contributed by atoms with van der Waals surface area (Å²) in [5.41, 5.74) is 1.34. The molecule has 0 aromatic carbocycles. The molecule has 0 saturated heterocycles. The van der Waals surface area contributed by atoms with E-state index in [4.69, 9.17) is 0 Å². The summed E-state index contributed by atoms with van der Waals surface area (Å²) in [7, 11) is -1.42. The lowest BCUT2D eigenvalue weighted by Crippen LogP contribution is -1.98. The van der Waals surface area contributed by atoms with E-state index in [0.29, 0.717) is 9.77 Å². The van der Waals surface area contributed by atoms with Gasteiger partial charge >= 0.3 is 0 Å². The van der Waals surface area contributed by atoms with Crippen LogP contribution in [0.15, 0.2) is 28.6 Å². The number of sulfone groups is 1. The quantitative estimate of drug-likeness (QED) is 0.640. The van der Waals surface area contributed by atoms with Gasteiger partial charge in [0.05, 0.1) is 11.8 Å². The van der Waals surface area contributed by atoms with Gasteiger partial charge in [-0.1, -0.05) is 0 Å². The highest BCUT2D eigenvalue weighted by Crippen LogP contribution is 2.22. The fourth-order valence-corrected chi connectivity index (χ4v) is 3.46. The van der Waals surface area contributed by atoms with Crippen molar-refractivity contribution < 1.29 is 13.2 Å². The standard InChI is InChI=1S/C13H14N2O3S2/c1-9-11(8-14-15(9)2)12(16)6-4-10-5-7-13(19-10)20(3,17)18/h4-8H,1-3H3/b6-4+. The first kappa shape index (κ1) is 14.7. The van der Waals surface area contributed by atoms with Crippen LogP contribution in [0.25, 0.3) is 6.08 Å². The van der Waals surface area contributed by atoms with Gasteiger partial charge < -0.3 is 0 Å². The second-order valence-electron chi connectivity index (χ2n) is 4.39. The normalized spacial score (nSPS) is 12.2. The second-order valence-corrected chi connectivity index (χ2v) is 7.75. The van der Waals surface area contributed by atoms with Crippen molar-refractivity contribution in [2.75, 3.05) is 6.26 Å². The molecule has 2 rings (SSSR count). The molecule has 2 aromatic rings. The Labute approximate surface area is 121 Å². The number of rotatable bonds is 4. The highest BCUT2D eigenvalue weighted by Gasteiger charge is 2.11. The molecule has 2 aromatic heterocycles. The Hall–Kier alpha value is -1.73. The first-order chi connectivity index (χ1) is 9.29. The SMILES string of the molecule is Cc1c(C(=O)/C=C/c2ccc(S(C)(=O)=O)s2)cnn1C. The molecule has 0 aliphatic carbocycles. The highest BCUT2D eigenvalue weighted by molar-refractivity contribution is 7.92. The smallest absolute Gasteiger partial charge is 0.189 e. The van der Waals surface area contributed by atoms with Crippen molar-refractivity contribution >= 4 is 33.0 Å². The first-order valence-corrected chi connectivity index (χ1v) is 8.51. The maximum atomic E-state index is 12.0. The minimum absolute atomic E-state index is 0.148. The zero-order chi connectivity index (χ0) is 14.9. The number of aromatic nitrogens is 2. The average molecular weight is 310 g/mol. The minimum Gasteiger partial charge on any atom is -0.289 e. The second kappa shape index (κ2) is 5.34. The van der Waals surface area contributed by atoms with Crippen molar-refractivity contribution in [3.8, 4) is 0 Å². The largest absolute Gasteiger partial charge is 0.289 e. The zero-order valence-corrected chi connectivity index (χ0v) is 13.0. The minimum atomic E-state index is -3.19. The highest BCUT2D eigenvalue weighted by atomic mass is 32.2. The van der Waals surface area contributed by atoms with Crippen LogP contribution in [-0.4, -0.2) is 30.2 Å². The lowest BCUT2D eigenvalue weighted by molar-refractivity contribution is 0.104. The molecule has 2 heterocycles. The third-order valence-corrected chi connectivity index (χ3v) is 5.74. The van der Waals surface area contributed by atoms with Gasteiger partial charge in [-0.05, 0) is 31.2 Å². The number of ketones is 1. The molecule has 0 unspecified atom stereocenters. The molecule has 0 fully saturated rings. The topological polar surface area (TPSA) is 69.0 Å². The van der Waals surface area contributed by atoms with Crippen LogP contribution < -0.4 is 0 Å². The summed E-state index contributed by atoms with van der Waals surface area (Å²) in [6.45, 7) is 1.82. The maximum absolute atomic E-state index is 12.0. The first-order valence-electron chi connectivity index (χ1n) is 5.80. The number of carbonyl (C=O) groups is 1. The molecular formula is C13H14N2O3S2. The molecule has 5 nitrogen and oxygen atoms in total.